The van der Waals surface area contributed by atoms with Crippen molar-refractivity contribution >= 4 is 29.2 Å². The fourth-order valence-corrected chi connectivity index (χ4v) is 3.34. The van der Waals surface area contributed by atoms with Crippen LogP contribution < -0.4 is 15.0 Å². The Balaban J connectivity index is 1.50. The molecule has 0 aliphatic carbocycles. The van der Waals surface area contributed by atoms with Gasteiger partial charge in [0.1, 0.15) is 5.75 Å². The van der Waals surface area contributed by atoms with E-state index in [9.17, 15) is 23.2 Å². The lowest BCUT2D eigenvalue weighted by atomic mass is 10.1. The number of amides is 2. The van der Waals surface area contributed by atoms with Crippen molar-refractivity contribution in [1.82, 2.24) is 0 Å². The summed E-state index contributed by atoms with van der Waals surface area (Å²) < 4.78 is 33.6. The maximum Gasteiger partial charge on any atom is 0.387 e. The molecule has 7 nitrogen and oxygen atoms in total. The number of hydrogen-bond acceptors (Lipinski definition) is 5. The molecule has 164 valence electrons. The van der Waals surface area contributed by atoms with Crippen LogP contribution in [-0.2, 0) is 25.5 Å². The molecule has 0 spiro atoms. The minimum absolute atomic E-state index is 0.0180. The minimum Gasteiger partial charge on any atom is -0.455 e. The maximum atomic E-state index is 12.4. The van der Waals surface area contributed by atoms with E-state index in [1.807, 2.05) is 31.2 Å². The van der Waals surface area contributed by atoms with Gasteiger partial charge in [0, 0.05) is 24.3 Å². The van der Waals surface area contributed by atoms with Crippen molar-refractivity contribution in [2.45, 2.75) is 26.4 Å². The number of alkyl halides is 2. The minimum atomic E-state index is -2.94. The van der Waals surface area contributed by atoms with Crippen molar-refractivity contribution < 1.29 is 32.6 Å². The second-order valence-electron chi connectivity index (χ2n) is 6.95. The maximum absolute atomic E-state index is 12.4. The third-order valence-corrected chi connectivity index (χ3v) is 4.83. The second-order valence-corrected chi connectivity index (χ2v) is 6.95. The number of anilines is 2. The van der Waals surface area contributed by atoms with Crippen LogP contribution in [0.15, 0.2) is 48.5 Å². The first kappa shape index (κ1) is 22.2. The number of benzene rings is 2. The normalized spacial score (nSPS) is 15.8. The summed E-state index contributed by atoms with van der Waals surface area (Å²) in [7, 11) is 0. The summed E-state index contributed by atoms with van der Waals surface area (Å²) in [6.07, 6.45) is 0.772. The van der Waals surface area contributed by atoms with Crippen molar-refractivity contribution in [2.24, 2.45) is 5.92 Å². The predicted molar refractivity (Wildman–Crippen MR) is 109 cm³/mol. The van der Waals surface area contributed by atoms with E-state index in [0.717, 1.165) is 17.7 Å². The highest BCUT2D eigenvalue weighted by atomic mass is 19.3. The van der Waals surface area contributed by atoms with E-state index >= 15 is 0 Å². The number of halogens is 2. The van der Waals surface area contributed by atoms with Crippen LogP contribution in [0.25, 0.3) is 0 Å². The Bertz CT molecular complexity index is 949. The molecular formula is C22H22F2N2O5. The van der Waals surface area contributed by atoms with Crippen LogP contribution in [-0.4, -0.2) is 37.5 Å². The molecule has 1 heterocycles. The third kappa shape index (κ3) is 5.78. The van der Waals surface area contributed by atoms with E-state index in [2.05, 4.69) is 10.1 Å². The van der Waals surface area contributed by atoms with Crippen LogP contribution in [0.5, 0.6) is 5.75 Å². The van der Waals surface area contributed by atoms with Gasteiger partial charge < -0.3 is 19.7 Å². The largest absolute Gasteiger partial charge is 0.455 e. The molecule has 0 aromatic heterocycles. The number of carbonyl (C=O) groups is 3. The number of hydrogen-bond donors (Lipinski definition) is 1. The molecule has 0 saturated carbocycles. The van der Waals surface area contributed by atoms with E-state index in [0.29, 0.717) is 5.69 Å². The highest BCUT2D eigenvalue weighted by Gasteiger charge is 2.37. The van der Waals surface area contributed by atoms with Crippen molar-refractivity contribution in [1.29, 1.82) is 0 Å². The zero-order valence-corrected chi connectivity index (χ0v) is 16.8. The molecule has 2 amide bonds. The molecule has 1 aliphatic rings. The average molecular weight is 432 g/mol. The first-order chi connectivity index (χ1) is 14.9. The van der Waals surface area contributed by atoms with Crippen LogP contribution >= 0.6 is 0 Å². The van der Waals surface area contributed by atoms with E-state index in [1.165, 1.54) is 24.3 Å². The Morgan fingerprint density at radius 1 is 1.16 bits per heavy atom. The summed E-state index contributed by atoms with van der Waals surface area (Å²) in [6, 6.07) is 12.8. The number of nitrogens with zero attached hydrogens (tertiary/aromatic N) is 1. The number of nitrogens with one attached hydrogen (secondary N) is 1. The fourth-order valence-electron chi connectivity index (χ4n) is 3.34. The molecule has 1 saturated heterocycles. The second kappa shape index (κ2) is 10.0. The van der Waals surface area contributed by atoms with Crippen LogP contribution in [0.1, 0.15) is 18.9 Å². The molecule has 3 rings (SSSR count). The number of aryl methyl sites for hydroxylation is 1. The molecule has 9 heteroatoms. The van der Waals surface area contributed by atoms with Gasteiger partial charge >= 0.3 is 12.6 Å². The number of esters is 1. The van der Waals surface area contributed by atoms with Gasteiger partial charge in [-0.2, -0.15) is 8.78 Å². The lowest BCUT2D eigenvalue weighted by Crippen LogP contribution is -2.28. The molecule has 0 radical (unpaired) electrons. The summed E-state index contributed by atoms with van der Waals surface area (Å²) >= 11 is 0. The van der Waals surface area contributed by atoms with Crippen molar-refractivity contribution in [3.63, 3.8) is 0 Å². The first-order valence-electron chi connectivity index (χ1n) is 9.77. The lowest BCUT2D eigenvalue weighted by molar-refractivity contribution is -0.151. The van der Waals surface area contributed by atoms with Crippen LogP contribution in [0.3, 0.4) is 0 Å². The standard InChI is InChI=1S/C22H22F2N2O5/c1-2-14-5-3-4-6-18(14)26-12-15(11-20(26)28)21(29)30-13-19(27)25-16-7-9-17(10-8-16)31-22(23)24/h3-10,15,22H,2,11-13H2,1H3,(H,25,27). The molecule has 2 aromatic rings. The number of ether oxygens (including phenoxy) is 2. The van der Waals surface area contributed by atoms with E-state index < -0.39 is 31.0 Å². The van der Waals surface area contributed by atoms with Gasteiger partial charge in [0.2, 0.25) is 5.91 Å². The van der Waals surface area contributed by atoms with Gasteiger partial charge in [-0.1, -0.05) is 25.1 Å². The number of carbonyl (C=O) groups excluding carboxylic acids is 3. The first-order valence-corrected chi connectivity index (χ1v) is 9.77. The van der Waals surface area contributed by atoms with Crippen LogP contribution in [0.4, 0.5) is 20.2 Å². The topological polar surface area (TPSA) is 84.9 Å². The van der Waals surface area contributed by atoms with Crippen LogP contribution in [0, 0.1) is 5.92 Å². The Morgan fingerprint density at radius 3 is 2.55 bits per heavy atom. The Hall–Kier alpha value is -3.49. The fraction of sp³-hybridized carbons (Fsp3) is 0.318. The molecule has 1 unspecified atom stereocenters. The van der Waals surface area contributed by atoms with E-state index in [1.54, 1.807) is 4.90 Å². The number of rotatable bonds is 8. The monoisotopic (exact) mass is 432 g/mol. The Labute approximate surface area is 177 Å². The quantitative estimate of drug-likeness (QED) is 0.647. The van der Waals surface area contributed by atoms with Gasteiger partial charge in [0.15, 0.2) is 6.61 Å². The molecular weight excluding hydrogens is 410 g/mol. The zero-order chi connectivity index (χ0) is 22.4. The molecule has 1 aliphatic heterocycles. The molecule has 2 aromatic carbocycles. The molecule has 1 atom stereocenters. The average Bonchev–Trinajstić information content (AvgIpc) is 3.14. The van der Waals surface area contributed by atoms with E-state index in [-0.39, 0.29) is 24.6 Å². The van der Waals surface area contributed by atoms with Gasteiger partial charge in [0.25, 0.3) is 5.91 Å². The van der Waals surface area contributed by atoms with Gasteiger partial charge in [-0.3, -0.25) is 14.4 Å². The van der Waals surface area contributed by atoms with E-state index in [4.69, 9.17) is 4.74 Å². The summed E-state index contributed by atoms with van der Waals surface area (Å²) in [6.45, 7) is -1.27. The highest BCUT2D eigenvalue weighted by Crippen LogP contribution is 2.29. The summed E-state index contributed by atoms with van der Waals surface area (Å²) in [5, 5.41) is 2.49. The molecule has 1 fully saturated rings. The number of para-hydroxylation sites is 1. The van der Waals surface area contributed by atoms with Gasteiger partial charge in [-0.05, 0) is 42.3 Å². The van der Waals surface area contributed by atoms with Gasteiger partial charge in [-0.15, -0.1) is 0 Å². The van der Waals surface area contributed by atoms with Crippen molar-refractivity contribution in [2.75, 3.05) is 23.4 Å². The van der Waals surface area contributed by atoms with Gasteiger partial charge in [-0.25, -0.2) is 0 Å². The summed E-state index contributed by atoms with van der Waals surface area (Å²) in [4.78, 5) is 38.4. The Morgan fingerprint density at radius 2 is 1.87 bits per heavy atom. The van der Waals surface area contributed by atoms with Crippen molar-refractivity contribution in [3.8, 4) is 5.75 Å². The lowest BCUT2D eigenvalue weighted by Gasteiger charge is -2.19. The zero-order valence-electron chi connectivity index (χ0n) is 16.8. The highest BCUT2D eigenvalue weighted by molar-refractivity contribution is 6.00. The summed E-state index contributed by atoms with van der Waals surface area (Å²) in [5.41, 5.74) is 2.12. The molecule has 0 bridgehead atoms. The van der Waals surface area contributed by atoms with Gasteiger partial charge in [0.05, 0.1) is 5.92 Å². The molecule has 1 N–H and O–H groups in total. The predicted octanol–water partition coefficient (Wildman–Crippen LogP) is 3.39. The van der Waals surface area contributed by atoms with Crippen molar-refractivity contribution in [3.05, 3.63) is 54.1 Å². The SMILES string of the molecule is CCc1ccccc1N1CC(C(=O)OCC(=O)Nc2ccc(OC(F)F)cc2)CC1=O. The summed E-state index contributed by atoms with van der Waals surface area (Å²) in [5.74, 6) is -2.08. The molecule has 31 heavy (non-hydrogen) atoms. The Kier molecular flexibility index (Phi) is 7.17. The van der Waals surface area contributed by atoms with Crippen LogP contribution in [0.2, 0.25) is 0 Å². The third-order valence-electron chi connectivity index (χ3n) is 4.83. The smallest absolute Gasteiger partial charge is 0.387 e.